The third-order valence-corrected chi connectivity index (χ3v) is 3.43. The van der Waals surface area contributed by atoms with Gasteiger partial charge in [-0.05, 0) is 17.7 Å². The molecule has 10 nitrogen and oxygen atoms in total. The highest BCUT2D eigenvalue weighted by molar-refractivity contribution is 6.06. The molecule has 0 bridgehead atoms. The molecule has 2 aromatic heterocycles. The molecule has 0 spiro atoms. The minimum atomic E-state index is -0.870. The predicted octanol–water partition coefficient (Wildman–Crippen LogP) is 1.75. The summed E-state index contributed by atoms with van der Waals surface area (Å²) in [5.41, 5.74) is 9.66. The lowest BCUT2D eigenvalue weighted by atomic mass is 10.2. The third kappa shape index (κ3) is 3.71. The number of carbonyl (C=O) groups is 1. The van der Waals surface area contributed by atoms with Gasteiger partial charge in [0.05, 0.1) is 25.5 Å². The van der Waals surface area contributed by atoms with Crippen molar-refractivity contribution in [2.45, 2.75) is 12.6 Å². The molecule has 1 atom stereocenters. The Morgan fingerprint density at radius 3 is 2.88 bits per heavy atom. The van der Waals surface area contributed by atoms with E-state index in [1.54, 1.807) is 28.8 Å². The summed E-state index contributed by atoms with van der Waals surface area (Å²) in [6.45, 7) is 0.0947. The minimum absolute atomic E-state index is 0.0567. The average Bonchev–Trinajstić information content (AvgIpc) is 3.04. The summed E-state index contributed by atoms with van der Waals surface area (Å²) in [6, 6.07) is 8.74. The smallest absolute Gasteiger partial charge is 0.256 e. The van der Waals surface area contributed by atoms with Gasteiger partial charge in [-0.15, -0.1) is 0 Å². The van der Waals surface area contributed by atoms with Gasteiger partial charge in [0.2, 0.25) is 0 Å². The van der Waals surface area contributed by atoms with E-state index in [0.717, 1.165) is 0 Å². The summed E-state index contributed by atoms with van der Waals surface area (Å²) < 4.78 is 1.60. The molecule has 0 aliphatic rings. The van der Waals surface area contributed by atoms with Gasteiger partial charge in [-0.2, -0.15) is 0 Å². The van der Waals surface area contributed by atoms with E-state index >= 15 is 0 Å². The fourth-order valence-corrected chi connectivity index (χ4v) is 2.29. The van der Waals surface area contributed by atoms with E-state index < -0.39 is 6.10 Å². The second-order valence-corrected chi connectivity index (χ2v) is 5.18. The Morgan fingerprint density at radius 2 is 2.12 bits per heavy atom. The Kier molecular flexibility index (Phi) is 4.84. The molecule has 1 unspecified atom stereocenters. The number of benzene rings is 1. The molecule has 3 rings (SSSR count). The van der Waals surface area contributed by atoms with Gasteiger partial charge < -0.3 is 15.0 Å². The van der Waals surface area contributed by atoms with E-state index in [-0.39, 0.29) is 24.8 Å². The predicted molar refractivity (Wildman–Crippen MR) is 89.7 cm³/mol. The molecule has 1 amide bonds. The summed E-state index contributed by atoms with van der Waals surface area (Å²) in [6.07, 6.45) is 1.92. The molecular weight excluding hydrogens is 324 g/mol. The van der Waals surface area contributed by atoms with Gasteiger partial charge in [-0.25, -0.2) is 15.0 Å². The highest BCUT2D eigenvalue weighted by Crippen LogP contribution is 2.18. The lowest BCUT2D eigenvalue weighted by Gasteiger charge is -2.09. The van der Waals surface area contributed by atoms with Crippen molar-refractivity contribution in [3.05, 3.63) is 59.0 Å². The van der Waals surface area contributed by atoms with Crippen molar-refractivity contribution in [3.63, 3.8) is 0 Å². The zero-order valence-corrected chi connectivity index (χ0v) is 13.0. The summed E-state index contributed by atoms with van der Waals surface area (Å²) in [7, 11) is 0. The van der Waals surface area contributed by atoms with Gasteiger partial charge in [0, 0.05) is 10.5 Å². The second kappa shape index (κ2) is 7.39. The van der Waals surface area contributed by atoms with Gasteiger partial charge in [0.15, 0.2) is 17.0 Å². The van der Waals surface area contributed by atoms with Crippen LogP contribution >= 0.6 is 0 Å². The molecule has 0 aliphatic heterocycles. The molecule has 2 heterocycles. The number of aliphatic hydroxyl groups is 1. The van der Waals surface area contributed by atoms with Crippen molar-refractivity contribution in [2.75, 3.05) is 11.9 Å². The molecule has 1 aromatic carbocycles. The molecule has 0 radical (unpaired) electrons. The lowest BCUT2D eigenvalue weighted by Crippen LogP contribution is -2.18. The lowest BCUT2D eigenvalue weighted by molar-refractivity contribution is 0.102. The summed E-state index contributed by atoms with van der Waals surface area (Å²) in [5, 5.41) is 15.9. The number of nitrogens with one attached hydrogen (secondary N) is 1. The molecule has 10 heteroatoms. The number of aromatic nitrogens is 4. The van der Waals surface area contributed by atoms with Crippen LogP contribution in [0.2, 0.25) is 0 Å². The average molecular weight is 338 g/mol. The van der Waals surface area contributed by atoms with E-state index in [9.17, 15) is 9.90 Å². The first-order valence-corrected chi connectivity index (χ1v) is 7.40. The molecular formula is C15H14N8O2. The maximum Gasteiger partial charge on any atom is 0.256 e. The standard InChI is InChI=1S/C15H14N8O2/c16-22-20-6-11(24)7-23-9-19-12-13(17-8-18-14(12)23)21-15(25)10-4-2-1-3-5-10/h1-5,8-9,11,24H,6-7H2,(H,17,18,21,25). The molecule has 2 N–H and O–H groups in total. The van der Waals surface area contributed by atoms with Gasteiger partial charge in [-0.1, -0.05) is 23.3 Å². The van der Waals surface area contributed by atoms with Crippen LogP contribution in [0, 0.1) is 0 Å². The van der Waals surface area contributed by atoms with Crippen LogP contribution < -0.4 is 5.32 Å². The number of anilines is 1. The van der Waals surface area contributed by atoms with Crippen molar-refractivity contribution >= 4 is 22.9 Å². The largest absolute Gasteiger partial charge is 0.391 e. The van der Waals surface area contributed by atoms with Crippen LogP contribution in [0.3, 0.4) is 0 Å². The maximum atomic E-state index is 12.3. The number of imidazole rings is 1. The van der Waals surface area contributed by atoms with Crippen LogP contribution in [0.5, 0.6) is 0 Å². The van der Waals surface area contributed by atoms with Crippen molar-refractivity contribution in [3.8, 4) is 0 Å². The minimum Gasteiger partial charge on any atom is -0.391 e. The fourth-order valence-electron chi connectivity index (χ4n) is 2.29. The number of hydrogen-bond donors (Lipinski definition) is 2. The van der Waals surface area contributed by atoms with Crippen LogP contribution in [0.4, 0.5) is 5.82 Å². The van der Waals surface area contributed by atoms with E-state index in [1.807, 2.05) is 6.07 Å². The number of aliphatic hydroxyl groups excluding tert-OH is 1. The molecule has 0 saturated carbocycles. The number of hydrogen-bond acceptors (Lipinski definition) is 6. The van der Waals surface area contributed by atoms with Crippen LogP contribution in [-0.2, 0) is 6.54 Å². The summed E-state index contributed by atoms with van der Waals surface area (Å²) in [4.78, 5) is 27.3. The van der Waals surface area contributed by atoms with E-state index in [1.165, 1.54) is 12.7 Å². The van der Waals surface area contributed by atoms with Gasteiger partial charge >= 0.3 is 0 Å². The fraction of sp³-hybridized carbons (Fsp3) is 0.200. The number of nitrogens with zero attached hydrogens (tertiary/aromatic N) is 7. The van der Waals surface area contributed by atoms with Crippen molar-refractivity contribution in [2.24, 2.45) is 5.11 Å². The highest BCUT2D eigenvalue weighted by Gasteiger charge is 2.15. The monoisotopic (exact) mass is 338 g/mol. The first-order chi connectivity index (χ1) is 12.2. The number of amides is 1. The van der Waals surface area contributed by atoms with Gasteiger partial charge in [0.1, 0.15) is 6.33 Å². The van der Waals surface area contributed by atoms with Crippen LogP contribution in [0.25, 0.3) is 21.6 Å². The Balaban J connectivity index is 1.83. The van der Waals surface area contributed by atoms with E-state index in [2.05, 4.69) is 30.3 Å². The molecule has 126 valence electrons. The van der Waals surface area contributed by atoms with Gasteiger partial charge in [0.25, 0.3) is 5.91 Å². The van der Waals surface area contributed by atoms with Gasteiger partial charge in [-0.3, -0.25) is 4.79 Å². The molecule has 0 saturated heterocycles. The number of rotatable bonds is 6. The van der Waals surface area contributed by atoms with Crippen LogP contribution in [0.15, 0.2) is 48.1 Å². The topological polar surface area (TPSA) is 142 Å². The first-order valence-electron chi connectivity index (χ1n) is 7.40. The first kappa shape index (κ1) is 16.4. The number of azide groups is 1. The molecule has 0 aliphatic carbocycles. The Labute approximate surface area is 141 Å². The zero-order chi connectivity index (χ0) is 17.6. The zero-order valence-electron chi connectivity index (χ0n) is 13.0. The summed E-state index contributed by atoms with van der Waals surface area (Å²) >= 11 is 0. The van der Waals surface area contributed by atoms with Crippen molar-refractivity contribution in [1.82, 2.24) is 19.5 Å². The molecule has 0 fully saturated rings. The maximum absolute atomic E-state index is 12.3. The quantitative estimate of drug-likeness (QED) is 0.400. The third-order valence-electron chi connectivity index (χ3n) is 3.43. The van der Waals surface area contributed by atoms with Crippen molar-refractivity contribution in [1.29, 1.82) is 0 Å². The normalized spacial score (nSPS) is 11.7. The van der Waals surface area contributed by atoms with E-state index in [0.29, 0.717) is 16.7 Å². The Morgan fingerprint density at radius 1 is 1.32 bits per heavy atom. The molecule has 3 aromatic rings. The highest BCUT2D eigenvalue weighted by atomic mass is 16.3. The Hall–Kier alpha value is -3.49. The molecule has 25 heavy (non-hydrogen) atoms. The van der Waals surface area contributed by atoms with Crippen LogP contribution in [-0.4, -0.2) is 43.2 Å². The van der Waals surface area contributed by atoms with Crippen molar-refractivity contribution < 1.29 is 9.90 Å². The van der Waals surface area contributed by atoms with E-state index in [4.69, 9.17) is 5.53 Å². The number of carbonyl (C=O) groups excluding carboxylic acids is 1. The Bertz CT molecular complexity index is 933. The van der Waals surface area contributed by atoms with Crippen LogP contribution in [0.1, 0.15) is 10.4 Å². The SMILES string of the molecule is [N-]=[N+]=NCC(O)Cn1cnc2c(NC(=O)c3ccccc3)ncnc21. The second-order valence-electron chi connectivity index (χ2n) is 5.18. The summed E-state index contributed by atoms with van der Waals surface area (Å²) in [5.74, 6) is -0.0271. The number of fused-ring (bicyclic) bond motifs is 1.